The quantitative estimate of drug-likeness (QED) is 0.552. The fourth-order valence-corrected chi connectivity index (χ4v) is 3.69. The van der Waals surface area contributed by atoms with Crippen LogP contribution in [0.5, 0.6) is 0 Å². The van der Waals surface area contributed by atoms with Crippen molar-refractivity contribution in [3.63, 3.8) is 0 Å². The smallest absolute Gasteiger partial charge is 0.289 e. The van der Waals surface area contributed by atoms with Crippen LogP contribution < -0.4 is 0 Å². The van der Waals surface area contributed by atoms with Gasteiger partial charge in [-0.2, -0.15) is 0 Å². The molecule has 0 saturated heterocycles. The molecule has 20 heavy (non-hydrogen) atoms. The number of hydrogen-bond donors (Lipinski definition) is 2. The van der Waals surface area contributed by atoms with E-state index in [2.05, 4.69) is 0 Å². The van der Waals surface area contributed by atoms with Crippen molar-refractivity contribution < 1.29 is 24.7 Å². The summed E-state index contributed by atoms with van der Waals surface area (Å²) in [5, 5.41) is 21.0. The average molecular weight is 272 g/mol. The van der Waals surface area contributed by atoms with E-state index < -0.39 is 0 Å². The number of carbonyl (C=O) groups excluding carboxylic acids is 1. The largest absolute Gasteiger partial charge is 0.374 e. The Morgan fingerprint density at radius 3 is 2.10 bits per heavy atom. The third kappa shape index (κ3) is 1.30. The maximum absolute atomic E-state index is 12.5. The summed E-state index contributed by atoms with van der Waals surface area (Å²) in [5.74, 6) is -0.207. The molecule has 2 unspecified atom stereocenters. The zero-order chi connectivity index (χ0) is 13.9. The first kappa shape index (κ1) is 11.6. The molecule has 0 bridgehead atoms. The molecule has 4 rings (SSSR count). The monoisotopic (exact) mass is 272 g/mol. The molecule has 1 aromatic carbocycles. The van der Waals surface area contributed by atoms with Crippen molar-refractivity contribution in [3.05, 3.63) is 35.4 Å². The van der Waals surface area contributed by atoms with Gasteiger partial charge in [-0.3, -0.25) is 15.2 Å². The fraction of sp³-hybridized carbons (Fsp3) is 0.400. The highest BCUT2D eigenvalue weighted by molar-refractivity contribution is 6.75. The van der Waals surface area contributed by atoms with Crippen molar-refractivity contribution in [2.45, 2.75) is 37.8 Å². The second kappa shape index (κ2) is 3.91. The van der Waals surface area contributed by atoms with Gasteiger partial charge in [-0.15, -0.1) is 0 Å². The Balaban J connectivity index is 2.00. The van der Waals surface area contributed by atoms with E-state index in [1.54, 1.807) is 12.1 Å². The lowest BCUT2D eigenvalue weighted by Gasteiger charge is -2.23. The third-order valence-electron chi connectivity index (χ3n) is 4.65. The topological polar surface area (TPSA) is 63.5 Å². The van der Waals surface area contributed by atoms with Crippen molar-refractivity contribution in [1.29, 1.82) is 0 Å². The molecule has 0 aromatic heterocycles. The van der Waals surface area contributed by atoms with E-state index >= 15 is 0 Å². The molecule has 5 nitrogen and oxygen atoms in total. The highest BCUT2D eigenvalue weighted by Crippen LogP contribution is 2.30. The lowest BCUT2D eigenvalue weighted by atomic mass is 9.89. The van der Waals surface area contributed by atoms with Crippen LogP contribution >= 0.6 is 0 Å². The van der Waals surface area contributed by atoms with Crippen LogP contribution in [0.4, 0.5) is 0 Å². The van der Waals surface area contributed by atoms with E-state index in [-0.39, 0.29) is 23.6 Å². The summed E-state index contributed by atoms with van der Waals surface area (Å²) in [7, 11) is 0. The first-order chi connectivity index (χ1) is 9.70. The van der Waals surface area contributed by atoms with E-state index in [9.17, 15) is 15.2 Å². The van der Waals surface area contributed by atoms with Gasteiger partial charge in [-0.25, -0.2) is 0 Å². The number of rotatable bonds is 0. The van der Waals surface area contributed by atoms with E-state index in [0.29, 0.717) is 16.8 Å². The lowest BCUT2D eigenvalue weighted by molar-refractivity contribution is -0.875. The van der Waals surface area contributed by atoms with Crippen molar-refractivity contribution >= 4 is 17.2 Å². The van der Waals surface area contributed by atoms with Gasteiger partial charge in [0.05, 0.1) is 5.56 Å². The summed E-state index contributed by atoms with van der Waals surface area (Å²) in [6.45, 7) is 0. The molecule has 0 spiro atoms. The summed E-state index contributed by atoms with van der Waals surface area (Å²) in [5.41, 5.74) is 1.93. The molecule has 102 valence electrons. The number of ketones is 1. The molecule has 1 heterocycles. The van der Waals surface area contributed by atoms with Crippen LogP contribution in [0.2, 0.25) is 0 Å². The predicted octanol–water partition coefficient (Wildman–Crippen LogP) is 1.24. The van der Waals surface area contributed by atoms with Crippen LogP contribution in [-0.4, -0.2) is 49.2 Å². The lowest BCUT2D eigenvalue weighted by Crippen LogP contribution is -2.55. The minimum atomic E-state index is -0.207. The Bertz CT molecular complexity index is 690. The van der Waals surface area contributed by atoms with Crippen LogP contribution in [0.15, 0.2) is 24.3 Å². The van der Waals surface area contributed by atoms with Crippen LogP contribution in [0, 0.1) is 0 Å². The highest BCUT2D eigenvalue weighted by Gasteiger charge is 2.59. The molecule has 2 atom stereocenters. The number of hydroxylamine groups is 2. The summed E-state index contributed by atoms with van der Waals surface area (Å²) < 4.78 is 2.32. The number of hydrogen-bond acceptors (Lipinski definition) is 3. The fourth-order valence-electron chi connectivity index (χ4n) is 3.69. The number of carbonyl (C=O) groups is 1. The molecule has 2 N–H and O–H groups in total. The zero-order valence-electron chi connectivity index (χ0n) is 11.0. The zero-order valence-corrected chi connectivity index (χ0v) is 11.0. The molecule has 1 saturated carbocycles. The second-order valence-corrected chi connectivity index (χ2v) is 5.68. The SMILES string of the molecule is O=C1C2=[N+](O)C3CCCCC3[N+](O)=C2c2ccccc21. The van der Waals surface area contributed by atoms with Gasteiger partial charge >= 0.3 is 11.4 Å². The van der Waals surface area contributed by atoms with Crippen LogP contribution in [-0.2, 0) is 0 Å². The molecular formula is C15H16N2O3+2. The van der Waals surface area contributed by atoms with Crippen molar-refractivity contribution in [3.8, 4) is 0 Å². The van der Waals surface area contributed by atoms with Gasteiger partial charge in [0.1, 0.15) is 0 Å². The standard InChI is InChI=1S/C15H16N2O3/c18-15-10-6-2-1-5-9(10)13-14(15)17(20)12-8-4-3-7-11(12)16(13)19/h1-2,5-6,11-12,19-20H,3-4,7-8H2/q+2. The van der Waals surface area contributed by atoms with Gasteiger partial charge in [-0.1, -0.05) is 12.1 Å². The summed E-state index contributed by atoms with van der Waals surface area (Å²) >= 11 is 0. The van der Waals surface area contributed by atoms with E-state index in [4.69, 9.17) is 0 Å². The van der Waals surface area contributed by atoms with Gasteiger partial charge in [0.2, 0.25) is 0 Å². The number of nitrogens with zero attached hydrogens (tertiary/aromatic N) is 2. The first-order valence-electron chi connectivity index (χ1n) is 7.04. The van der Waals surface area contributed by atoms with Gasteiger partial charge in [0.25, 0.3) is 17.9 Å². The van der Waals surface area contributed by atoms with E-state index in [1.165, 1.54) is 4.74 Å². The molecule has 1 aromatic rings. The van der Waals surface area contributed by atoms with Gasteiger partial charge < -0.3 is 0 Å². The average Bonchev–Trinajstić information content (AvgIpc) is 2.79. The summed E-state index contributed by atoms with van der Waals surface area (Å²) in [4.78, 5) is 12.5. The minimum Gasteiger partial charge on any atom is -0.289 e. The molecule has 3 aliphatic rings. The Hall–Kier alpha value is -2.17. The molecule has 0 radical (unpaired) electrons. The van der Waals surface area contributed by atoms with Crippen LogP contribution in [0.3, 0.4) is 0 Å². The van der Waals surface area contributed by atoms with Crippen molar-refractivity contribution in [1.82, 2.24) is 0 Å². The van der Waals surface area contributed by atoms with E-state index in [0.717, 1.165) is 30.4 Å². The molecule has 5 heteroatoms. The van der Waals surface area contributed by atoms with E-state index in [1.807, 2.05) is 12.1 Å². The Morgan fingerprint density at radius 1 is 0.900 bits per heavy atom. The summed E-state index contributed by atoms with van der Waals surface area (Å²) in [6, 6.07) is 6.84. The number of Topliss-reactive ketones (excluding diaryl/α,β-unsaturated/α-hetero) is 1. The normalized spacial score (nSPS) is 28.3. The predicted molar refractivity (Wildman–Crippen MR) is 70.0 cm³/mol. The summed E-state index contributed by atoms with van der Waals surface area (Å²) in [6.07, 6.45) is 3.66. The maximum atomic E-state index is 12.5. The molecule has 1 aliphatic heterocycles. The van der Waals surface area contributed by atoms with Crippen molar-refractivity contribution in [2.24, 2.45) is 0 Å². The Morgan fingerprint density at radius 2 is 1.45 bits per heavy atom. The molecule has 1 fully saturated rings. The highest BCUT2D eigenvalue weighted by atomic mass is 16.5. The van der Waals surface area contributed by atoms with Gasteiger partial charge in [0, 0.05) is 18.4 Å². The second-order valence-electron chi connectivity index (χ2n) is 5.68. The van der Waals surface area contributed by atoms with Crippen LogP contribution in [0.25, 0.3) is 0 Å². The van der Waals surface area contributed by atoms with Crippen molar-refractivity contribution in [2.75, 3.05) is 0 Å². The van der Waals surface area contributed by atoms with Gasteiger partial charge in [0.15, 0.2) is 0 Å². The van der Waals surface area contributed by atoms with Gasteiger partial charge in [-0.05, 0) is 34.5 Å². The molecular weight excluding hydrogens is 256 g/mol. The third-order valence-corrected chi connectivity index (χ3v) is 4.65. The first-order valence-corrected chi connectivity index (χ1v) is 7.04. The number of benzene rings is 1. The molecule has 0 amide bonds. The Kier molecular flexibility index (Phi) is 2.28. The molecule has 2 aliphatic carbocycles. The minimum absolute atomic E-state index is 0.147. The number of fused-ring (bicyclic) bond motifs is 4. The Labute approximate surface area is 116 Å². The maximum Gasteiger partial charge on any atom is 0.374 e. The van der Waals surface area contributed by atoms with Crippen LogP contribution in [0.1, 0.15) is 41.6 Å².